The molecule has 1 amide bonds. The van der Waals surface area contributed by atoms with Crippen molar-refractivity contribution in [3.05, 3.63) is 30.3 Å². The minimum atomic E-state index is 0.221. The van der Waals surface area contributed by atoms with Gasteiger partial charge in [0.2, 0.25) is 5.91 Å². The van der Waals surface area contributed by atoms with Crippen LogP contribution < -0.4 is 10.2 Å². The van der Waals surface area contributed by atoms with Crippen LogP contribution in [-0.2, 0) is 4.79 Å². The molecule has 92 valence electrons. The van der Waals surface area contributed by atoms with Crippen molar-refractivity contribution in [1.82, 2.24) is 5.32 Å². The Labute approximate surface area is 103 Å². The number of amides is 1. The van der Waals surface area contributed by atoms with Crippen LogP contribution in [0.3, 0.4) is 0 Å². The van der Waals surface area contributed by atoms with Crippen molar-refractivity contribution < 1.29 is 4.79 Å². The van der Waals surface area contributed by atoms with E-state index in [9.17, 15) is 4.79 Å². The third kappa shape index (κ3) is 3.22. The van der Waals surface area contributed by atoms with Crippen LogP contribution in [0.15, 0.2) is 30.3 Å². The summed E-state index contributed by atoms with van der Waals surface area (Å²) in [5.74, 6) is 1.08. The van der Waals surface area contributed by atoms with Gasteiger partial charge in [0.15, 0.2) is 0 Å². The first-order valence-corrected chi connectivity index (χ1v) is 6.22. The van der Waals surface area contributed by atoms with Crippen molar-refractivity contribution in [3.8, 4) is 0 Å². The van der Waals surface area contributed by atoms with Crippen LogP contribution >= 0.6 is 0 Å². The molecule has 0 bridgehead atoms. The lowest BCUT2D eigenvalue weighted by atomic mass is 10.3. The number of nitrogens with zero attached hydrogens (tertiary/aromatic N) is 1. The fourth-order valence-electron chi connectivity index (χ4n) is 1.98. The van der Waals surface area contributed by atoms with Gasteiger partial charge in [0.05, 0.1) is 0 Å². The van der Waals surface area contributed by atoms with Crippen LogP contribution in [0.25, 0.3) is 0 Å². The average Bonchev–Trinajstić information content (AvgIpc) is 3.07. The zero-order valence-electron chi connectivity index (χ0n) is 10.5. The van der Waals surface area contributed by atoms with E-state index in [1.54, 1.807) is 0 Å². The van der Waals surface area contributed by atoms with E-state index in [1.807, 2.05) is 25.2 Å². The SMILES string of the molecule is CC1CC1C(=O)NCCN(C)c1ccccc1. The molecule has 0 heterocycles. The van der Waals surface area contributed by atoms with Crippen molar-refractivity contribution in [2.24, 2.45) is 11.8 Å². The Morgan fingerprint density at radius 2 is 2.06 bits per heavy atom. The van der Waals surface area contributed by atoms with Gasteiger partial charge in [-0.15, -0.1) is 0 Å². The molecule has 17 heavy (non-hydrogen) atoms. The number of para-hydroxylation sites is 1. The lowest BCUT2D eigenvalue weighted by Gasteiger charge is -2.19. The lowest BCUT2D eigenvalue weighted by Crippen LogP contribution is -2.34. The Bertz CT molecular complexity index is 377. The molecule has 0 aromatic heterocycles. The van der Waals surface area contributed by atoms with Crippen molar-refractivity contribution in [2.75, 3.05) is 25.0 Å². The zero-order chi connectivity index (χ0) is 12.3. The van der Waals surface area contributed by atoms with Crippen molar-refractivity contribution in [2.45, 2.75) is 13.3 Å². The summed E-state index contributed by atoms with van der Waals surface area (Å²) in [6.07, 6.45) is 1.06. The molecule has 1 fully saturated rings. The summed E-state index contributed by atoms with van der Waals surface area (Å²) in [5.41, 5.74) is 1.18. The van der Waals surface area contributed by atoms with Crippen LogP contribution in [0.2, 0.25) is 0 Å². The summed E-state index contributed by atoms with van der Waals surface area (Å²) in [5, 5.41) is 3.00. The molecule has 1 aromatic carbocycles. The van der Waals surface area contributed by atoms with Gasteiger partial charge in [-0.25, -0.2) is 0 Å². The number of hydrogen-bond donors (Lipinski definition) is 1. The molecule has 1 aliphatic rings. The first-order chi connectivity index (χ1) is 8.18. The molecule has 1 aliphatic carbocycles. The molecule has 1 aromatic rings. The second-order valence-corrected chi connectivity index (χ2v) is 4.87. The molecule has 0 saturated heterocycles. The number of likely N-dealkylation sites (N-methyl/N-ethyl adjacent to an activating group) is 1. The van der Waals surface area contributed by atoms with E-state index < -0.39 is 0 Å². The Morgan fingerprint density at radius 3 is 2.65 bits per heavy atom. The highest BCUT2D eigenvalue weighted by molar-refractivity contribution is 5.81. The fourth-order valence-corrected chi connectivity index (χ4v) is 1.98. The maximum Gasteiger partial charge on any atom is 0.223 e. The Morgan fingerprint density at radius 1 is 1.41 bits per heavy atom. The number of anilines is 1. The van der Waals surface area contributed by atoms with Gasteiger partial charge in [-0.2, -0.15) is 0 Å². The number of nitrogens with one attached hydrogen (secondary N) is 1. The normalized spacial score (nSPS) is 22.0. The van der Waals surface area contributed by atoms with Gasteiger partial charge in [0, 0.05) is 31.7 Å². The van der Waals surface area contributed by atoms with Gasteiger partial charge in [0.1, 0.15) is 0 Å². The molecule has 0 spiro atoms. The molecule has 1 saturated carbocycles. The van der Waals surface area contributed by atoms with Gasteiger partial charge < -0.3 is 10.2 Å². The van der Waals surface area contributed by atoms with Gasteiger partial charge in [-0.05, 0) is 24.5 Å². The second-order valence-electron chi connectivity index (χ2n) is 4.87. The van der Waals surface area contributed by atoms with Crippen LogP contribution in [0.1, 0.15) is 13.3 Å². The summed E-state index contributed by atoms with van der Waals surface area (Å²) in [6.45, 7) is 3.69. The minimum absolute atomic E-state index is 0.221. The molecule has 2 unspecified atom stereocenters. The molecule has 0 aliphatic heterocycles. The van der Waals surface area contributed by atoms with E-state index in [0.29, 0.717) is 12.5 Å². The predicted octanol–water partition coefficient (Wildman–Crippen LogP) is 1.89. The van der Waals surface area contributed by atoms with E-state index >= 15 is 0 Å². The van der Waals surface area contributed by atoms with E-state index in [2.05, 4.69) is 29.3 Å². The van der Waals surface area contributed by atoms with Gasteiger partial charge >= 0.3 is 0 Å². The van der Waals surface area contributed by atoms with Gasteiger partial charge in [-0.3, -0.25) is 4.79 Å². The van der Waals surface area contributed by atoms with Gasteiger partial charge in [-0.1, -0.05) is 25.1 Å². The molecular formula is C14H20N2O. The lowest BCUT2D eigenvalue weighted by molar-refractivity contribution is -0.122. The predicted molar refractivity (Wildman–Crippen MR) is 70.0 cm³/mol. The highest BCUT2D eigenvalue weighted by Crippen LogP contribution is 2.37. The Kier molecular flexibility index (Phi) is 3.67. The highest BCUT2D eigenvalue weighted by atomic mass is 16.2. The summed E-state index contributed by atoms with van der Waals surface area (Å²) >= 11 is 0. The van der Waals surface area contributed by atoms with E-state index in [1.165, 1.54) is 5.69 Å². The van der Waals surface area contributed by atoms with Crippen LogP contribution in [0, 0.1) is 11.8 Å². The quantitative estimate of drug-likeness (QED) is 0.841. The summed E-state index contributed by atoms with van der Waals surface area (Å²) < 4.78 is 0. The van der Waals surface area contributed by atoms with Crippen LogP contribution in [-0.4, -0.2) is 26.0 Å². The molecule has 1 N–H and O–H groups in total. The van der Waals surface area contributed by atoms with E-state index in [-0.39, 0.29) is 11.8 Å². The summed E-state index contributed by atoms with van der Waals surface area (Å²) in [6, 6.07) is 10.2. The zero-order valence-corrected chi connectivity index (χ0v) is 10.5. The smallest absolute Gasteiger partial charge is 0.223 e. The molecule has 3 nitrogen and oxygen atoms in total. The maximum absolute atomic E-state index is 11.6. The maximum atomic E-state index is 11.6. The third-order valence-corrected chi connectivity index (χ3v) is 3.39. The van der Waals surface area contributed by atoms with E-state index in [4.69, 9.17) is 0 Å². The van der Waals surface area contributed by atoms with Gasteiger partial charge in [0.25, 0.3) is 0 Å². The number of hydrogen-bond acceptors (Lipinski definition) is 2. The minimum Gasteiger partial charge on any atom is -0.373 e. The topological polar surface area (TPSA) is 32.3 Å². The monoisotopic (exact) mass is 232 g/mol. The first kappa shape index (κ1) is 12.0. The molecule has 0 radical (unpaired) electrons. The van der Waals surface area contributed by atoms with Crippen molar-refractivity contribution >= 4 is 11.6 Å². The van der Waals surface area contributed by atoms with Crippen LogP contribution in [0.5, 0.6) is 0 Å². The average molecular weight is 232 g/mol. The van der Waals surface area contributed by atoms with Crippen molar-refractivity contribution in [1.29, 1.82) is 0 Å². The molecule has 2 rings (SSSR count). The third-order valence-electron chi connectivity index (χ3n) is 3.39. The summed E-state index contributed by atoms with van der Waals surface area (Å²) in [4.78, 5) is 13.8. The van der Waals surface area contributed by atoms with Crippen LogP contribution in [0.4, 0.5) is 5.69 Å². The number of benzene rings is 1. The second kappa shape index (κ2) is 5.21. The van der Waals surface area contributed by atoms with Crippen molar-refractivity contribution in [3.63, 3.8) is 0 Å². The Balaban J connectivity index is 1.70. The number of carbonyl (C=O) groups excluding carboxylic acids is 1. The number of carbonyl (C=O) groups is 1. The van der Waals surface area contributed by atoms with E-state index in [0.717, 1.165) is 13.0 Å². The number of rotatable bonds is 5. The highest BCUT2D eigenvalue weighted by Gasteiger charge is 2.38. The molecule has 2 atom stereocenters. The first-order valence-electron chi connectivity index (χ1n) is 6.22. The Hall–Kier alpha value is -1.51. The fraction of sp³-hybridized carbons (Fsp3) is 0.500. The largest absolute Gasteiger partial charge is 0.373 e. The molecular weight excluding hydrogens is 212 g/mol. The standard InChI is InChI=1S/C14H20N2O/c1-11-10-13(11)14(17)15-8-9-16(2)12-6-4-3-5-7-12/h3-7,11,13H,8-10H2,1-2H3,(H,15,17). The molecule has 3 heteroatoms. The summed E-state index contributed by atoms with van der Waals surface area (Å²) in [7, 11) is 2.04.